The average Bonchev–Trinajstić information content (AvgIpc) is 2.61. The zero-order chi connectivity index (χ0) is 13.4. The number of hydrogen-bond donors (Lipinski definition) is 4. The Labute approximate surface area is 102 Å². The number of rotatable bonds is 2. The largest absolute Gasteiger partial charge is 0.394 e. The first kappa shape index (κ1) is 13.0. The maximum Gasteiger partial charge on any atom is 0.330 e. The van der Waals surface area contributed by atoms with Crippen molar-refractivity contribution in [3.8, 4) is 0 Å². The first-order chi connectivity index (χ1) is 8.45. The summed E-state index contributed by atoms with van der Waals surface area (Å²) in [5.41, 5.74) is 4.91. The Balaban J connectivity index is 2.42. The summed E-state index contributed by atoms with van der Waals surface area (Å²) in [5, 5.41) is 18.7. The molecule has 0 aromatic carbocycles. The predicted molar refractivity (Wildman–Crippen MR) is 61.0 cm³/mol. The minimum absolute atomic E-state index is 0.326. The highest BCUT2D eigenvalue weighted by Crippen LogP contribution is 2.26. The number of H-pyrrole nitrogens is 1. The van der Waals surface area contributed by atoms with Crippen molar-refractivity contribution in [3.05, 3.63) is 32.6 Å². The molecule has 1 fully saturated rings. The molecule has 1 aliphatic rings. The second-order valence-electron chi connectivity index (χ2n) is 4.29. The third-order valence-electron chi connectivity index (χ3n) is 3.02. The highest BCUT2D eigenvalue weighted by molar-refractivity contribution is 5.03. The van der Waals surface area contributed by atoms with Crippen molar-refractivity contribution in [2.75, 3.05) is 6.61 Å². The fourth-order valence-electron chi connectivity index (χ4n) is 1.94. The topological polar surface area (TPSA) is 131 Å². The van der Waals surface area contributed by atoms with Crippen LogP contribution in [-0.4, -0.2) is 44.6 Å². The van der Waals surface area contributed by atoms with Gasteiger partial charge in [0.1, 0.15) is 12.2 Å². The van der Waals surface area contributed by atoms with Crippen LogP contribution in [0.25, 0.3) is 0 Å². The molecule has 5 N–H and O–H groups in total. The van der Waals surface area contributed by atoms with Gasteiger partial charge in [-0.3, -0.25) is 14.3 Å². The van der Waals surface area contributed by atoms with Gasteiger partial charge >= 0.3 is 5.69 Å². The van der Waals surface area contributed by atoms with E-state index in [-0.39, 0.29) is 0 Å². The lowest BCUT2D eigenvalue weighted by Gasteiger charge is -2.18. The van der Waals surface area contributed by atoms with E-state index in [0.29, 0.717) is 5.56 Å². The van der Waals surface area contributed by atoms with Gasteiger partial charge in [-0.05, 0) is 6.92 Å². The number of nitrogens with zero attached hydrogens (tertiary/aromatic N) is 1. The summed E-state index contributed by atoms with van der Waals surface area (Å²) < 4.78 is 6.42. The number of aliphatic hydroxyl groups excluding tert-OH is 2. The van der Waals surface area contributed by atoms with Gasteiger partial charge in [-0.15, -0.1) is 0 Å². The molecule has 1 aromatic heterocycles. The molecule has 100 valence electrons. The molecule has 2 heterocycles. The van der Waals surface area contributed by atoms with Crippen molar-refractivity contribution in [1.82, 2.24) is 9.55 Å². The number of ether oxygens (including phenoxy) is 1. The van der Waals surface area contributed by atoms with E-state index in [0.717, 1.165) is 4.57 Å². The lowest BCUT2D eigenvalue weighted by Crippen LogP contribution is -2.43. The fraction of sp³-hybridized carbons (Fsp3) is 0.600. The number of aliphatic hydroxyl groups is 2. The van der Waals surface area contributed by atoms with Crippen molar-refractivity contribution >= 4 is 0 Å². The zero-order valence-corrected chi connectivity index (χ0v) is 9.74. The van der Waals surface area contributed by atoms with Gasteiger partial charge in [0.05, 0.1) is 12.6 Å². The van der Waals surface area contributed by atoms with E-state index in [1.807, 2.05) is 0 Å². The Bertz CT molecular complexity index is 551. The SMILES string of the molecule is Cc1cn([C@@H]2O[C@H](CO)[C@H](O)C2N)c(=O)[nH]c1=O. The zero-order valence-electron chi connectivity index (χ0n) is 9.74. The standard InChI is InChI=1S/C10H15N3O5/c1-4-2-13(10(17)12-8(4)16)9-6(11)7(15)5(3-14)18-9/h2,5-7,9,14-15H,3,11H2,1H3,(H,12,16,17)/t5-,6?,7+,9-/m1/s1. The van der Waals surface area contributed by atoms with E-state index in [4.69, 9.17) is 15.6 Å². The Hall–Kier alpha value is -1.48. The van der Waals surface area contributed by atoms with Crippen LogP contribution < -0.4 is 17.0 Å². The predicted octanol–water partition coefficient (Wildman–Crippen LogP) is -2.58. The van der Waals surface area contributed by atoms with Crippen LogP contribution in [0, 0.1) is 6.92 Å². The van der Waals surface area contributed by atoms with Crippen molar-refractivity contribution in [2.45, 2.75) is 31.4 Å². The third-order valence-corrected chi connectivity index (χ3v) is 3.02. The maximum absolute atomic E-state index is 11.7. The van der Waals surface area contributed by atoms with Gasteiger partial charge in [0, 0.05) is 11.8 Å². The molecule has 1 unspecified atom stereocenters. The monoisotopic (exact) mass is 257 g/mol. The molecule has 0 bridgehead atoms. The number of aromatic amines is 1. The molecule has 0 aliphatic carbocycles. The lowest BCUT2D eigenvalue weighted by molar-refractivity contribution is -0.0465. The van der Waals surface area contributed by atoms with Crippen LogP contribution in [0.15, 0.2) is 15.8 Å². The molecule has 0 amide bonds. The van der Waals surface area contributed by atoms with Crippen LogP contribution in [0.4, 0.5) is 0 Å². The van der Waals surface area contributed by atoms with Crippen molar-refractivity contribution in [2.24, 2.45) is 5.73 Å². The number of aromatic nitrogens is 2. The van der Waals surface area contributed by atoms with Crippen LogP contribution in [0.3, 0.4) is 0 Å². The fourth-order valence-corrected chi connectivity index (χ4v) is 1.94. The number of aryl methyl sites for hydroxylation is 1. The van der Waals surface area contributed by atoms with Crippen molar-refractivity contribution < 1.29 is 14.9 Å². The van der Waals surface area contributed by atoms with E-state index < -0.39 is 42.3 Å². The molecule has 0 saturated carbocycles. The summed E-state index contributed by atoms with van der Waals surface area (Å²) in [4.78, 5) is 25.0. The second-order valence-corrected chi connectivity index (χ2v) is 4.29. The molecule has 8 nitrogen and oxygen atoms in total. The number of hydrogen-bond acceptors (Lipinski definition) is 6. The first-order valence-electron chi connectivity index (χ1n) is 5.47. The molecule has 0 spiro atoms. The minimum atomic E-state index is -1.07. The molecule has 1 aliphatic heterocycles. The van der Waals surface area contributed by atoms with E-state index in [9.17, 15) is 14.7 Å². The van der Waals surface area contributed by atoms with Gasteiger partial charge in [-0.25, -0.2) is 4.79 Å². The average molecular weight is 257 g/mol. The Morgan fingerprint density at radius 2 is 2.22 bits per heavy atom. The van der Waals surface area contributed by atoms with Crippen LogP contribution in [0.1, 0.15) is 11.8 Å². The molecule has 4 atom stereocenters. The van der Waals surface area contributed by atoms with E-state index in [1.165, 1.54) is 13.1 Å². The Morgan fingerprint density at radius 1 is 1.56 bits per heavy atom. The van der Waals surface area contributed by atoms with E-state index in [2.05, 4.69) is 4.98 Å². The lowest BCUT2D eigenvalue weighted by atomic mass is 10.1. The van der Waals surface area contributed by atoms with Gasteiger partial charge < -0.3 is 20.7 Å². The summed E-state index contributed by atoms with van der Waals surface area (Å²) >= 11 is 0. The highest BCUT2D eigenvalue weighted by Gasteiger charge is 2.42. The normalized spacial score (nSPS) is 31.8. The van der Waals surface area contributed by atoms with Gasteiger partial charge in [0.2, 0.25) is 0 Å². The number of nitrogens with two attached hydrogens (primary N) is 1. The smallest absolute Gasteiger partial charge is 0.330 e. The van der Waals surface area contributed by atoms with Crippen LogP contribution in [0.2, 0.25) is 0 Å². The summed E-state index contributed by atoms with van der Waals surface area (Å²) in [5.74, 6) is 0. The van der Waals surface area contributed by atoms with Gasteiger partial charge in [0.25, 0.3) is 5.56 Å². The molecule has 0 radical (unpaired) electrons. The van der Waals surface area contributed by atoms with Crippen LogP contribution in [-0.2, 0) is 4.74 Å². The summed E-state index contributed by atoms with van der Waals surface area (Å²) in [6, 6.07) is -0.856. The molecular weight excluding hydrogens is 242 g/mol. The van der Waals surface area contributed by atoms with E-state index >= 15 is 0 Å². The van der Waals surface area contributed by atoms with Gasteiger partial charge in [-0.1, -0.05) is 0 Å². The van der Waals surface area contributed by atoms with Crippen molar-refractivity contribution in [1.29, 1.82) is 0 Å². The quantitative estimate of drug-likeness (QED) is 0.460. The number of nitrogens with one attached hydrogen (secondary N) is 1. The molecule has 18 heavy (non-hydrogen) atoms. The molecule has 2 rings (SSSR count). The second kappa shape index (κ2) is 4.65. The molecule has 1 aromatic rings. The maximum atomic E-state index is 11.7. The van der Waals surface area contributed by atoms with Crippen LogP contribution >= 0.6 is 0 Å². The molecular formula is C10H15N3O5. The molecule has 8 heteroatoms. The Morgan fingerprint density at radius 3 is 2.78 bits per heavy atom. The third kappa shape index (κ3) is 1.99. The van der Waals surface area contributed by atoms with Gasteiger partial charge in [0.15, 0.2) is 6.23 Å². The minimum Gasteiger partial charge on any atom is -0.394 e. The highest BCUT2D eigenvalue weighted by atomic mass is 16.5. The summed E-state index contributed by atoms with van der Waals surface area (Å²) in [7, 11) is 0. The van der Waals surface area contributed by atoms with Crippen molar-refractivity contribution in [3.63, 3.8) is 0 Å². The van der Waals surface area contributed by atoms with Gasteiger partial charge in [-0.2, -0.15) is 0 Å². The summed E-state index contributed by atoms with van der Waals surface area (Å²) in [6.45, 7) is 1.14. The Kier molecular flexibility index (Phi) is 3.35. The summed E-state index contributed by atoms with van der Waals surface area (Å²) in [6.07, 6.45) is -1.51. The molecule has 1 saturated heterocycles. The van der Waals surface area contributed by atoms with E-state index in [1.54, 1.807) is 0 Å². The van der Waals surface area contributed by atoms with Crippen LogP contribution in [0.5, 0.6) is 0 Å². The first-order valence-corrected chi connectivity index (χ1v) is 5.47.